The van der Waals surface area contributed by atoms with Crippen molar-refractivity contribution in [2.24, 2.45) is 23.7 Å². The topological polar surface area (TPSA) is 41.1 Å². The molecule has 4 atom stereocenters. The summed E-state index contributed by atoms with van der Waals surface area (Å²) < 4.78 is 2.63. The molecule has 3 heteroatoms. The fourth-order valence-corrected chi connectivity index (χ4v) is 14.0. The minimum absolute atomic E-state index is 0.00457. The van der Waals surface area contributed by atoms with Crippen LogP contribution in [0.15, 0.2) is 30.5 Å². The van der Waals surface area contributed by atoms with E-state index in [1.54, 1.807) is 11.1 Å². The van der Waals surface area contributed by atoms with Crippen LogP contribution < -0.4 is 0 Å². The highest BCUT2D eigenvalue weighted by atomic mass is 14.9. The van der Waals surface area contributed by atoms with Gasteiger partial charge in [-0.2, -0.15) is 5.26 Å². The van der Waals surface area contributed by atoms with E-state index in [2.05, 4.69) is 82.5 Å². The molecule has 51 heavy (non-hydrogen) atoms. The van der Waals surface area contributed by atoms with Gasteiger partial charge in [-0.15, -0.1) is 0 Å². The summed E-state index contributed by atoms with van der Waals surface area (Å²) in [6, 6.07) is 12.9. The highest BCUT2D eigenvalue weighted by molar-refractivity contribution is 6.33. The average Bonchev–Trinajstić information content (AvgIpc) is 3.45. The lowest BCUT2D eigenvalue weighted by Crippen LogP contribution is -2.25. The molecule has 3 aromatic carbocycles. The van der Waals surface area contributed by atoms with Gasteiger partial charge in [0.25, 0.3) is 0 Å². The first-order valence-corrected chi connectivity index (χ1v) is 20.5. The van der Waals surface area contributed by atoms with Crippen LogP contribution in [0.4, 0.5) is 0 Å². The van der Waals surface area contributed by atoms with E-state index < -0.39 is 0 Å². The van der Waals surface area contributed by atoms with Crippen molar-refractivity contribution in [3.63, 3.8) is 0 Å². The molecular weight excluding hydrogens is 619 g/mol. The number of nitrogens with zero attached hydrogens (tertiary/aromatic N) is 3. The molecule has 0 radical (unpaired) electrons. The average molecular weight is 670 g/mol. The standard InChI is InChI=1S/C48H51N3/c1-47(2,3)32-18-34-33(36(19-32)48(4,5)6)20-35-42-38(22-50-45-30-15-25-8-26(16-30)14-29(13-25)41(42)45)51-37-17-31(21-49)39-27-9-23-7-24(10-27)12-28(11-23)40(39)44(37)43(34)46(35)51/h17-20,22-30H,7-16H2,1-6H3. The van der Waals surface area contributed by atoms with Crippen molar-refractivity contribution in [2.75, 3.05) is 0 Å². The van der Waals surface area contributed by atoms with Gasteiger partial charge in [-0.1, -0.05) is 47.6 Å². The smallest absolute Gasteiger partial charge is 0.0995 e. The first-order valence-electron chi connectivity index (χ1n) is 20.5. The van der Waals surface area contributed by atoms with Gasteiger partial charge in [0, 0.05) is 33.2 Å². The van der Waals surface area contributed by atoms with Crippen LogP contribution in [0.3, 0.4) is 0 Å². The molecule has 8 aliphatic carbocycles. The van der Waals surface area contributed by atoms with Crippen molar-refractivity contribution in [2.45, 2.75) is 140 Å². The normalized spacial score (nSPS) is 30.9. The first-order chi connectivity index (χ1) is 24.4. The molecule has 3 aromatic heterocycles. The van der Waals surface area contributed by atoms with E-state index in [-0.39, 0.29) is 10.8 Å². The molecule has 0 saturated heterocycles. The van der Waals surface area contributed by atoms with Crippen molar-refractivity contribution in [3.05, 3.63) is 69.5 Å². The predicted octanol–water partition coefficient (Wildman–Crippen LogP) is 12.6. The zero-order valence-electron chi connectivity index (χ0n) is 31.4. The van der Waals surface area contributed by atoms with Crippen LogP contribution in [-0.2, 0) is 10.8 Å². The van der Waals surface area contributed by atoms with Crippen molar-refractivity contribution in [1.82, 2.24) is 9.38 Å². The molecule has 3 heterocycles. The van der Waals surface area contributed by atoms with Gasteiger partial charge in [0.2, 0.25) is 0 Å². The van der Waals surface area contributed by atoms with Crippen molar-refractivity contribution >= 4 is 48.9 Å². The van der Waals surface area contributed by atoms with E-state index in [0.717, 1.165) is 29.2 Å². The number of hydrogen-bond donors (Lipinski definition) is 0. The summed E-state index contributed by atoms with van der Waals surface area (Å²) in [6.07, 6.45) is 15.6. The Morgan fingerprint density at radius 1 is 0.588 bits per heavy atom. The van der Waals surface area contributed by atoms with E-state index in [1.165, 1.54) is 135 Å². The number of rotatable bonds is 0. The molecular formula is C48H51N3. The Bertz CT molecular complexity index is 2550. The maximum atomic E-state index is 11.0. The fourth-order valence-electron chi connectivity index (χ4n) is 14.0. The molecule has 8 bridgehead atoms. The fraction of sp³-hybridized carbons (Fsp3) is 0.542. The van der Waals surface area contributed by atoms with Crippen molar-refractivity contribution in [1.29, 1.82) is 5.26 Å². The van der Waals surface area contributed by atoms with Gasteiger partial charge in [0.15, 0.2) is 0 Å². The quantitative estimate of drug-likeness (QED) is 0.161. The molecule has 8 aliphatic rings. The third-order valence-electron chi connectivity index (χ3n) is 15.7. The highest BCUT2D eigenvalue weighted by Gasteiger charge is 2.46. The first kappa shape index (κ1) is 29.9. The maximum Gasteiger partial charge on any atom is 0.0995 e. The molecule has 3 nitrogen and oxygen atoms in total. The molecule has 258 valence electrons. The lowest BCUT2D eigenvalue weighted by atomic mass is 9.67. The highest BCUT2D eigenvalue weighted by Crippen LogP contribution is 2.62. The summed E-state index contributed by atoms with van der Waals surface area (Å²) in [5, 5.41) is 19.7. The summed E-state index contributed by atoms with van der Waals surface area (Å²) in [6.45, 7) is 14.4. The molecule has 6 aromatic rings. The minimum atomic E-state index is -0.00457. The molecule has 4 saturated carbocycles. The molecule has 0 N–H and O–H groups in total. The number of fused-ring (bicyclic) bond motifs is 8. The van der Waals surface area contributed by atoms with E-state index in [4.69, 9.17) is 4.98 Å². The van der Waals surface area contributed by atoms with Crippen LogP contribution in [-0.4, -0.2) is 9.38 Å². The summed E-state index contributed by atoms with van der Waals surface area (Å²) in [5.74, 6) is 5.63. The minimum Gasteiger partial charge on any atom is -0.306 e. The zero-order chi connectivity index (χ0) is 34.5. The Morgan fingerprint density at radius 2 is 1.20 bits per heavy atom. The van der Waals surface area contributed by atoms with Crippen LogP contribution in [0, 0.1) is 35.0 Å². The SMILES string of the molecule is CC(C)(C)c1cc(C(C)(C)C)c2cc3c4c5c(ncc4n4c6cc(C#N)c7c(c6c(c2c1)c34)C1CC2CC(CC7C2)C1)C1CC2CC(C1)CC5C2. The molecule has 4 fully saturated rings. The van der Waals surface area contributed by atoms with Gasteiger partial charge < -0.3 is 4.40 Å². The Kier molecular flexibility index (Phi) is 5.55. The third kappa shape index (κ3) is 3.78. The van der Waals surface area contributed by atoms with Crippen LogP contribution in [0.1, 0.15) is 168 Å². The largest absolute Gasteiger partial charge is 0.306 e. The van der Waals surface area contributed by atoms with Gasteiger partial charge in [0.05, 0.1) is 34.4 Å². The number of hydrogen-bond acceptors (Lipinski definition) is 2. The monoisotopic (exact) mass is 669 g/mol. The van der Waals surface area contributed by atoms with Crippen molar-refractivity contribution in [3.8, 4) is 6.07 Å². The van der Waals surface area contributed by atoms with E-state index in [9.17, 15) is 5.26 Å². The summed E-state index contributed by atoms with van der Waals surface area (Å²) >= 11 is 0. The lowest BCUT2D eigenvalue weighted by molar-refractivity contribution is 0.165. The van der Waals surface area contributed by atoms with Crippen LogP contribution in [0.25, 0.3) is 48.9 Å². The van der Waals surface area contributed by atoms with E-state index in [1.807, 2.05) is 0 Å². The molecule has 14 rings (SSSR count). The summed E-state index contributed by atoms with van der Waals surface area (Å²) in [7, 11) is 0. The Hall–Kier alpha value is -3.64. The molecule has 0 amide bonds. The molecule has 0 aliphatic heterocycles. The summed E-state index contributed by atoms with van der Waals surface area (Å²) in [5.41, 5.74) is 13.9. The maximum absolute atomic E-state index is 11.0. The van der Waals surface area contributed by atoms with E-state index in [0.29, 0.717) is 23.7 Å². The van der Waals surface area contributed by atoms with Crippen molar-refractivity contribution < 1.29 is 0 Å². The van der Waals surface area contributed by atoms with Gasteiger partial charge in [-0.05, 0) is 173 Å². The van der Waals surface area contributed by atoms with Gasteiger partial charge in [0.1, 0.15) is 0 Å². The Morgan fingerprint density at radius 3 is 1.80 bits per heavy atom. The van der Waals surface area contributed by atoms with Gasteiger partial charge in [-0.3, -0.25) is 4.98 Å². The third-order valence-corrected chi connectivity index (χ3v) is 15.7. The molecule has 0 spiro atoms. The number of nitriles is 1. The second-order valence-corrected chi connectivity index (χ2v) is 20.8. The second-order valence-electron chi connectivity index (χ2n) is 20.8. The number of benzene rings is 3. The van der Waals surface area contributed by atoms with Crippen LogP contribution in [0.5, 0.6) is 0 Å². The zero-order valence-corrected chi connectivity index (χ0v) is 31.4. The van der Waals surface area contributed by atoms with Crippen LogP contribution >= 0.6 is 0 Å². The Labute approximate surface area is 302 Å². The van der Waals surface area contributed by atoms with Gasteiger partial charge in [-0.25, -0.2) is 0 Å². The van der Waals surface area contributed by atoms with Gasteiger partial charge >= 0.3 is 0 Å². The van der Waals surface area contributed by atoms with E-state index >= 15 is 0 Å². The summed E-state index contributed by atoms with van der Waals surface area (Å²) in [4.78, 5) is 5.51. The molecule has 4 unspecified atom stereocenters. The lowest BCUT2D eigenvalue weighted by Gasteiger charge is -2.38. The Balaban J connectivity index is 1.33. The van der Waals surface area contributed by atoms with Crippen LogP contribution in [0.2, 0.25) is 0 Å². The predicted molar refractivity (Wildman–Crippen MR) is 210 cm³/mol. The number of aromatic nitrogens is 2. The second kappa shape index (κ2) is 9.47. The number of pyridine rings is 1.